The van der Waals surface area contributed by atoms with E-state index in [4.69, 9.17) is 4.74 Å². The third kappa shape index (κ3) is 7.80. The van der Waals surface area contributed by atoms with E-state index in [2.05, 4.69) is 56.0 Å². The van der Waals surface area contributed by atoms with Crippen LogP contribution >= 0.6 is 0 Å². The number of ether oxygens (including phenoxy) is 1. The monoisotopic (exact) mass is 508 g/mol. The second-order valence-corrected chi connectivity index (χ2v) is 15.1. The Morgan fingerprint density at radius 1 is 0.972 bits per heavy atom. The minimum atomic E-state index is -1.91. The number of esters is 1. The van der Waals surface area contributed by atoms with Crippen LogP contribution in [0, 0.1) is 11.5 Å². The molecule has 0 spiro atoms. The fourth-order valence-corrected chi connectivity index (χ4v) is 4.04. The van der Waals surface area contributed by atoms with Crippen molar-refractivity contribution in [1.82, 2.24) is 10.6 Å². The largest absolute Gasteiger partial charge is 0.467 e. The molecule has 8 heteroatoms. The number of hydrogen-bond acceptors (Lipinski definition) is 5. The molecule has 0 aliphatic carbocycles. The maximum absolute atomic E-state index is 13.1. The Kier molecular flexibility index (Phi) is 10.0. The lowest BCUT2D eigenvalue weighted by Crippen LogP contribution is -2.50. The van der Waals surface area contributed by atoms with E-state index in [0.717, 1.165) is 0 Å². The smallest absolute Gasteiger partial charge is 0.329 e. The zero-order chi connectivity index (χ0) is 26.9. The van der Waals surface area contributed by atoms with E-state index in [0.29, 0.717) is 11.1 Å². The number of amides is 2. The van der Waals surface area contributed by atoms with Crippen molar-refractivity contribution in [1.29, 1.82) is 0 Å². The Morgan fingerprint density at radius 2 is 1.53 bits per heavy atom. The van der Waals surface area contributed by atoms with Crippen LogP contribution < -0.4 is 10.6 Å². The molecule has 2 aromatic carbocycles. The summed E-state index contributed by atoms with van der Waals surface area (Å²) < 4.78 is 4.85. The number of aliphatic hydroxyl groups excluding tert-OH is 1. The first kappa shape index (κ1) is 28.8. The molecule has 0 bridgehead atoms. The third-order valence-electron chi connectivity index (χ3n) is 6.45. The van der Waals surface area contributed by atoms with Crippen LogP contribution in [0.25, 0.3) is 0 Å². The molecule has 0 unspecified atom stereocenters. The summed E-state index contributed by atoms with van der Waals surface area (Å²) >= 11 is 0. The fraction of sp³-hybridized carbons (Fsp3) is 0.393. The van der Waals surface area contributed by atoms with Gasteiger partial charge in [-0.1, -0.05) is 82.4 Å². The average Bonchev–Trinajstić information content (AvgIpc) is 2.85. The molecule has 36 heavy (non-hydrogen) atoms. The van der Waals surface area contributed by atoms with Crippen molar-refractivity contribution in [3.8, 4) is 11.5 Å². The lowest BCUT2D eigenvalue weighted by atomic mass is 9.99. The van der Waals surface area contributed by atoms with Gasteiger partial charge in [-0.15, -0.1) is 11.5 Å². The van der Waals surface area contributed by atoms with Crippen LogP contribution in [0.3, 0.4) is 0 Å². The van der Waals surface area contributed by atoms with Crippen LogP contribution in [0.1, 0.15) is 49.2 Å². The number of benzene rings is 2. The quantitative estimate of drug-likeness (QED) is 0.287. The van der Waals surface area contributed by atoms with Crippen LogP contribution in [-0.2, 0) is 14.3 Å². The molecule has 0 aliphatic heterocycles. The summed E-state index contributed by atoms with van der Waals surface area (Å²) in [6.07, 6.45) is -1.62. The predicted octanol–water partition coefficient (Wildman–Crippen LogP) is 3.62. The molecular formula is C28H36N2O5Si. The predicted molar refractivity (Wildman–Crippen MR) is 143 cm³/mol. The van der Waals surface area contributed by atoms with Crippen molar-refractivity contribution < 1.29 is 24.2 Å². The summed E-state index contributed by atoms with van der Waals surface area (Å²) in [5.41, 5.74) is 4.24. The third-order valence-corrected chi connectivity index (χ3v) is 11.0. The Balaban J connectivity index is 2.24. The molecule has 7 nitrogen and oxygen atoms in total. The van der Waals surface area contributed by atoms with E-state index in [1.807, 2.05) is 0 Å². The highest BCUT2D eigenvalue weighted by atomic mass is 28.3. The molecule has 0 radical (unpaired) electrons. The summed E-state index contributed by atoms with van der Waals surface area (Å²) in [5.74, 6) is 1.13. The molecule has 0 fully saturated rings. The Hall–Kier alpha value is -3.41. The van der Waals surface area contributed by atoms with Crippen molar-refractivity contribution >= 4 is 25.9 Å². The molecule has 0 heterocycles. The van der Waals surface area contributed by atoms with Gasteiger partial charge in [0.25, 0.3) is 11.8 Å². The average molecular weight is 509 g/mol. The molecule has 2 rings (SSSR count). The van der Waals surface area contributed by atoms with Gasteiger partial charge in [0.05, 0.1) is 13.2 Å². The molecule has 3 N–H and O–H groups in total. The number of carbonyl (C=O) groups is 3. The highest BCUT2D eigenvalue weighted by molar-refractivity contribution is 6.87. The Labute approximate surface area is 214 Å². The number of hydrogen-bond donors (Lipinski definition) is 3. The summed E-state index contributed by atoms with van der Waals surface area (Å²) in [6.45, 7) is 10.7. The molecule has 2 aromatic rings. The van der Waals surface area contributed by atoms with Gasteiger partial charge in [-0.3, -0.25) is 9.59 Å². The fourth-order valence-electron chi connectivity index (χ4n) is 3.12. The van der Waals surface area contributed by atoms with E-state index >= 15 is 0 Å². The minimum Gasteiger partial charge on any atom is -0.467 e. The number of rotatable bonds is 8. The molecule has 0 saturated heterocycles. The molecule has 0 aromatic heterocycles. The normalized spacial score (nSPS) is 13.9. The number of carbonyl (C=O) groups excluding carboxylic acids is 3. The van der Waals surface area contributed by atoms with Crippen molar-refractivity contribution in [2.45, 2.75) is 63.5 Å². The summed E-state index contributed by atoms with van der Waals surface area (Å²) in [7, 11) is -0.686. The molecule has 2 amide bonds. The molecule has 192 valence electrons. The molecular weight excluding hydrogens is 472 g/mol. The first-order chi connectivity index (χ1) is 16.9. The SMILES string of the molecule is COC(=O)[C@@H](CC#C[Si](C)(C)C(C)(C)C)NC(=O)[C@H](O)[C@@H](NC(=O)c1ccccc1)c1ccccc1. The van der Waals surface area contributed by atoms with Crippen LogP contribution in [-0.4, -0.2) is 50.2 Å². The Bertz CT molecular complexity index is 1100. The van der Waals surface area contributed by atoms with Gasteiger partial charge < -0.3 is 20.5 Å². The minimum absolute atomic E-state index is 0.0417. The zero-order valence-electron chi connectivity index (χ0n) is 21.8. The summed E-state index contributed by atoms with van der Waals surface area (Å²) in [6, 6.07) is 15.1. The lowest BCUT2D eigenvalue weighted by molar-refractivity contribution is -0.146. The second-order valence-electron chi connectivity index (χ2n) is 10.1. The van der Waals surface area contributed by atoms with Crippen LogP contribution in [0.5, 0.6) is 0 Å². The van der Waals surface area contributed by atoms with Gasteiger partial charge in [0.2, 0.25) is 0 Å². The van der Waals surface area contributed by atoms with Gasteiger partial charge >= 0.3 is 5.97 Å². The second kappa shape index (κ2) is 12.5. The van der Waals surface area contributed by atoms with Gasteiger partial charge in [-0.2, -0.15) is 0 Å². The van der Waals surface area contributed by atoms with Crippen molar-refractivity contribution in [3.05, 3.63) is 71.8 Å². The van der Waals surface area contributed by atoms with Crippen LogP contribution in [0.4, 0.5) is 0 Å². The number of methoxy groups -OCH3 is 1. The van der Waals surface area contributed by atoms with E-state index in [9.17, 15) is 19.5 Å². The van der Waals surface area contributed by atoms with Crippen LogP contribution in [0.2, 0.25) is 18.1 Å². The van der Waals surface area contributed by atoms with E-state index < -0.39 is 44.0 Å². The van der Waals surface area contributed by atoms with Crippen LogP contribution in [0.15, 0.2) is 60.7 Å². The Morgan fingerprint density at radius 3 is 2.06 bits per heavy atom. The first-order valence-corrected chi connectivity index (χ1v) is 14.8. The maximum atomic E-state index is 13.1. The highest BCUT2D eigenvalue weighted by Crippen LogP contribution is 2.35. The number of aliphatic hydroxyl groups is 1. The summed E-state index contributed by atoms with van der Waals surface area (Å²) in [4.78, 5) is 38.3. The summed E-state index contributed by atoms with van der Waals surface area (Å²) in [5, 5.41) is 16.3. The highest BCUT2D eigenvalue weighted by Gasteiger charge is 2.34. The van der Waals surface area contributed by atoms with Gasteiger partial charge in [-0.25, -0.2) is 4.79 Å². The van der Waals surface area contributed by atoms with Crippen molar-refractivity contribution in [2.75, 3.05) is 7.11 Å². The standard InChI is InChI=1S/C28H36N2O5Si/c1-28(2,3)36(5,6)19-13-18-22(27(34)35-4)29-26(33)24(31)23(20-14-9-7-10-15-20)30-25(32)21-16-11-8-12-17-21/h7-12,14-17,22-24,31H,18H2,1-6H3,(H,29,33)(H,30,32)/t22-,23+,24-/m1/s1. The molecule has 3 atom stereocenters. The first-order valence-electron chi connectivity index (χ1n) is 11.8. The van der Waals surface area contributed by atoms with Crippen molar-refractivity contribution in [3.63, 3.8) is 0 Å². The molecule has 0 saturated carbocycles. The van der Waals surface area contributed by atoms with Gasteiger partial charge in [-0.05, 0) is 22.7 Å². The van der Waals surface area contributed by atoms with Gasteiger partial charge in [0, 0.05) is 12.0 Å². The maximum Gasteiger partial charge on any atom is 0.329 e. The van der Waals surface area contributed by atoms with Crippen molar-refractivity contribution in [2.24, 2.45) is 0 Å². The topological polar surface area (TPSA) is 105 Å². The van der Waals surface area contributed by atoms with E-state index in [1.54, 1.807) is 60.7 Å². The zero-order valence-corrected chi connectivity index (χ0v) is 22.8. The van der Waals surface area contributed by atoms with Gasteiger partial charge in [0.1, 0.15) is 14.1 Å². The van der Waals surface area contributed by atoms with E-state index in [-0.39, 0.29) is 11.5 Å². The number of nitrogens with one attached hydrogen (secondary N) is 2. The van der Waals surface area contributed by atoms with Gasteiger partial charge in [0.15, 0.2) is 6.10 Å². The van der Waals surface area contributed by atoms with E-state index in [1.165, 1.54) is 7.11 Å². The lowest BCUT2D eigenvalue weighted by Gasteiger charge is -2.31. The molecule has 0 aliphatic rings.